The van der Waals surface area contributed by atoms with Crippen LogP contribution < -0.4 is 16.0 Å². The molecule has 14 nitrogen and oxygen atoms in total. The number of aromatic amines is 1. The number of hydrogen-bond donors (Lipinski definition) is 4. The monoisotopic (exact) mass is 727 g/mol. The Kier molecular flexibility index (Phi) is 12.0. The van der Waals surface area contributed by atoms with Gasteiger partial charge >= 0.3 is 12.2 Å². The first kappa shape index (κ1) is 38.6. The summed E-state index contributed by atoms with van der Waals surface area (Å²) in [5.74, 6) is 5.95. The van der Waals surface area contributed by atoms with Crippen molar-refractivity contribution in [2.45, 2.75) is 72.0 Å². The number of carbonyl (C=O) groups is 5. The molecular weight excluding hydrogens is 678 g/mol. The van der Waals surface area contributed by atoms with Gasteiger partial charge in [-0.1, -0.05) is 46.5 Å². The van der Waals surface area contributed by atoms with Crippen molar-refractivity contribution in [2.24, 2.45) is 17.3 Å². The lowest BCUT2D eigenvalue weighted by atomic mass is 9.85. The summed E-state index contributed by atoms with van der Waals surface area (Å²) < 4.78 is 9.44. The predicted molar refractivity (Wildman–Crippen MR) is 198 cm³/mol. The van der Waals surface area contributed by atoms with Crippen molar-refractivity contribution < 1.29 is 33.4 Å². The summed E-state index contributed by atoms with van der Waals surface area (Å²) in [5.41, 5.74) is 3.20. The van der Waals surface area contributed by atoms with Crippen molar-refractivity contribution in [3.8, 4) is 11.8 Å². The zero-order chi connectivity index (χ0) is 38.4. The molecule has 5 rings (SSSR count). The van der Waals surface area contributed by atoms with Crippen molar-refractivity contribution in [2.75, 3.05) is 39.2 Å². The minimum atomic E-state index is -0.760. The number of alkyl carbamates (subject to hydrolysis) is 2. The van der Waals surface area contributed by atoms with Gasteiger partial charge in [-0.2, -0.15) is 0 Å². The van der Waals surface area contributed by atoms with E-state index in [1.54, 1.807) is 21.9 Å². The third kappa shape index (κ3) is 9.27. The Morgan fingerprint density at radius 1 is 0.887 bits per heavy atom. The molecule has 0 aliphatic carbocycles. The number of carbonyl (C=O) groups excluding carboxylic acids is 5. The van der Waals surface area contributed by atoms with Crippen LogP contribution in [0.25, 0.3) is 11.0 Å². The van der Waals surface area contributed by atoms with Crippen LogP contribution in [0, 0.1) is 29.1 Å². The maximum Gasteiger partial charge on any atom is 0.407 e. The molecule has 2 aliphatic heterocycles. The third-order valence-corrected chi connectivity index (χ3v) is 9.68. The van der Waals surface area contributed by atoms with Gasteiger partial charge in [0, 0.05) is 36.4 Å². The van der Waals surface area contributed by atoms with Crippen LogP contribution >= 0.6 is 0 Å². The standard InChI is InChI=1S/C39H49N7O7/c1-23(2)31(43-37(50)52-6)35(48)45-20-18-26(22-45)34(47)40-27-15-12-24(13-16-27)10-11-25-14-17-28-29(21-25)42-33(41-28)30-9-8-19-46(30)36(49)32(39(3,4)5)44-38(51)53-7/h12-17,21,23,26,30-32H,8-9,18-20,22H2,1-7H3,(H,40,47)(H,41,42)(H,43,50)(H,44,51)/t26?,30-,31-,32+/m0/s1. The number of fused-ring (bicyclic) bond motifs is 1. The highest BCUT2D eigenvalue weighted by atomic mass is 16.5. The lowest BCUT2D eigenvalue weighted by Gasteiger charge is -2.34. The number of hydrogen-bond acceptors (Lipinski definition) is 8. The number of imidazole rings is 1. The molecule has 2 saturated heterocycles. The fourth-order valence-electron chi connectivity index (χ4n) is 6.67. The number of rotatable bonds is 8. The Morgan fingerprint density at radius 2 is 1.55 bits per heavy atom. The minimum absolute atomic E-state index is 0.143. The first-order valence-corrected chi connectivity index (χ1v) is 17.9. The molecule has 14 heteroatoms. The van der Waals surface area contributed by atoms with E-state index in [-0.39, 0.29) is 42.1 Å². The second kappa shape index (κ2) is 16.4. The molecule has 5 amide bonds. The molecular formula is C39H49N7O7. The number of nitrogens with zero attached hydrogens (tertiary/aromatic N) is 3. The van der Waals surface area contributed by atoms with Crippen molar-refractivity contribution in [3.63, 3.8) is 0 Å². The van der Waals surface area contributed by atoms with E-state index in [4.69, 9.17) is 9.72 Å². The molecule has 1 aromatic heterocycles. The molecule has 2 aliphatic rings. The average molecular weight is 728 g/mol. The molecule has 4 N–H and O–H groups in total. The summed E-state index contributed by atoms with van der Waals surface area (Å²) in [7, 11) is 2.53. The van der Waals surface area contributed by atoms with Crippen LogP contribution in [0.5, 0.6) is 0 Å². The van der Waals surface area contributed by atoms with Gasteiger partial charge in [0.25, 0.3) is 0 Å². The zero-order valence-electron chi connectivity index (χ0n) is 31.4. The maximum absolute atomic E-state index is 13.7. The van der Waals surface area contributed by atoms with Gasteiger partial charge in [-0.15, -0.1) is 0 Å². The summed E-state index contributed by atoms with van der Waals surface area (Å²) in [6.45, 7) is 10.7. The van der Waals surface area contributed by atoms with Crippen molar-refractivity contribution >= 4 is 46.6 Å². The molecule has 0 radical (unpaired) electrons. The van der Waals surface area contributed by atoms with E-state index in [2.05, 4.69) is 37.5 Å². The molecule has 4 atom stereocenters. The predicted octanol–water partition coefficient (Wildman–Crippen LogP) is 4.56. The number of likely N-dealkylation sites (tertiary alicyclic amines) is 2. The van der Waals surface area contributed by atoms with E-state index in [1.165, 1.54) is 14.2 Å². The van der Waals surface area contributed by atoms with Gasteiger partial charge in [0.2, 0.25) is 17.7 Å². The minimum Gasteiger partial charge on any atom is -0.453 e. The Balaban J connectivity index is 1.20. The van der Waals surface area contributed by atoms with E-state index in [0.29, 0.717) is 31.0 Å². The largest absolute Gasteiger partial charge is 0.453 e. The molecule has 53 heavy (non-hydrogen) atoms. The van der Waals surface area contributed by atoms with Gasteiger partial charge in [0.1, 0.15) is 17.9 Å². The van der Waals surface area contributed by atoms with Gasteiger partial charge in [-0.3, -0.25) is 14.4 Å². The number of methoxy groups -OCH3 is 2. The van der Waals surface area contributed by atoms with Crippen molar-refractivity contribution in [1.29, 1.82) is 0 Å². The second-order valence-electron chi connectivity index (χ2n) is 14.9. The zero-order valence-corrected chi connectivity index (χ0v) is 31.4. The Hall–Kier alpha value is -5.58. The summed E-state index contributed by atoms with van der Waals surface area (Å²) in [6, 6.07) is 11.2. The Bertz CT molecular complexity index is 1900. The van der Waals surface area contributed by atoms with Gasteiger partial charge in [-0.25, -0.2) is 14.6 Å². The highest BCUT2D eigenvalue weighted by Gasteiger charge is 2.41. The van der Waals surface area contributed by atoms with Crippen LogP contribution in [-0.4, -0.2) is 95.6 Å². The molecule has 282 valence electrons. The maximum atomic E-state index is 13.7. The van der Waals surface area contributed by atoms with Crippen molar-refractivity contribution in [1.82, 2.24) is 30.4 Å². The molecule has 0 saturated carbocycles. The van der Waals surface area contributed by atoms with E-state index >= 15 is 0 Å². The topological polar surface area (TPSA) is 175 Å². The van der Waals surface area contributed by atoms with Crippen LogP contribution in [0.4, 0.5) is 15.3 Å². The fraction of sp³-hybridized carbons (Fsp3) is 0.487. The SMILES string of the molecule is COC(=O)N[C@H](C(=O)N1CCC(C(=O)Nc2ccc(C#Cc3ccc4nc([C@@H]5CCCN5C(=O)[C@@H](NC(=O)OC)C(C)(C)C)[nH]c4c3)cc2)C1)C(C)C. The summed E-state index contributed by atoms with van der Waals surface area (Å²) in [6.07, 6.45) is 0.771. The Morgan fingerprint density at radius 3 is 2.21 bits per heavy atom. The Labute approximate surface area is 309 Å². The highest BCUT2D eigenvalue weighted by Crippen LogP contribution is 2.34. The second-order valence-corrected chi connectivity index (χ2v) is 14.9. The van der Waals surface area contributed by atoms with E-state index < -0.39 is 29.7 Å². The third-order valence-electron chi connectivity index (χ3n) is 9.68. The summed E-state index contributed by atoms with van der Waals surface area (Å²) in [4.78, 5) is 75.2. The van der Waals surface area contributed by atoms with Gasteiger partial charge in [-0.05, 0) is 73.1 Å². The van der Waals surface area contributed by atoms with Crippen LogP contribution in [0.15, 0.2) is 42.5 Å². The average Bonchev–Trinajstić information content (AvgIpc) is 3.91. The lowest BCUT2D eigenvalue weighted by Crippen LogP contribution is -2.54. The number of aromatic nitrogens is 2. The smallest absolute Gasteiger partial charge is 0.407 e. The number of amides is 5. The normalized spacial score (nSPS) is 18.2. The number of H-pyrrole nitrogens is 1. The fourth-order valence-corrected chi connectivity index (χ4v) is 6.67. The highest BCUT2D eigenvalue weighted by molar-refractivity contribution is 5.94. The van der Waals surface area contributed by atoms with Crippen LogP contribution in [0.1, 0.15) is 76.9 Å². The molecule has 0 spiro atoms. The van der Waals surface area contributed by atoms with Gasteiger partial charge in [0.15, 0.2) is 0 Å². The van der Waals surface area contributed by atoms with E-state index in [0.717, 1.165) is 35.0 Å². The number of benzene rings is 2. The van der Waals surface area contributed by atoms with E-state index in [1.807, 2.05) is 65.0 Å². The molecule has 2 aromatic carbocycles. The van der Waals surface area contributed by atoms with Crippen molar-refractivity contribution in [3.05, 3.63) is 59.4 Å². The summed E-state index contributed by atoms with van der Waals surface area (Å²) >= 11 is 0. The molecule has 0 bridgehead atoms. The molecule has 3 heterocycles. The van der Waals surface area contributed by atoms with Crippen LogP contribution in [0.3, 0.4) is 0 Å². The van der Waals surface area contributed by atoms with Gasteiger partial charge in [0.05, 0.1) is 37.2 Å². The van der Waals surface area contributed by atoms with Gasteiger partial charge < -0.3 is 40.2 Å². The molecule has 1 unspecified atom stereocenters. The summed E-state index contributed by atoms with van der Waals surface area (Å²) in [5, 5.41) is 8.25. The lowest BCUT2D eigenvalue weighted by molar-refractivity contribution is -0.137. The first-order valence-electron chi connectivity index (χ1n) is 17.9. The number of nitrogens with one attached hydrogen (secondary N) is 4. The van der Waals surface area contributed by atoms with E-state index in [9.17, 15) is 24.0 Å². The van der Waals surface area contributed by atoms with Crippen LogP contribution in [0.2, 0.25) is 0 Å². The molecule has 2 fully saturated rings. The molecule has 3 aromatic rings. The van der Waals surface area contributed by atoms with Crippen LogP contribution in [-0.2, 0) is 23.9 Å². The first-order chi connectivity index (χ1) is 25.2. The quantitative estimate of drug-likeness (QED) is 0.244. The number of ether oxygens (including phenoxy) is 2. The number of anilines is 1.